The van der Waals surface area contributed by atoms with Crippen molar-refractivity contribution >= 4 is 63.9 Å². The van der Waals surface area contributed by atoms with Crippen LogP contribution in [0.15, 0.2) is 38.7 Å². The van der Waals surface area contributed by atoms with Gasteiger partial charge in [-0.05, 0) is 88.5 Å². The van der Waals surface area contributed by atoms with Gasteiger partial charge in [0.15, 0.2) is 17.4 Å². The summed E-state index contributed by atoms with van der Waals surface area (Å²) < 4.78 is 38.3. The van der Waals surface area contributed by atoms with Gasteiger partial charge in [-0.1, -0.05) is 48.4 Å². The molecular weight excluding hydrogens is 818 g/mol. The van der Waals surface area contributed by atoms with E-state index >= 15 is 8.78 Å². The van der Waals surface area contributed by atoms with Crippen LogP contribution in [0.5, 0.6) is 0 Å². The van der Waals surface area contributed by atoms with E-state index in [1.165, 1.54) is 12.1 Å². The highest BCUT2D eigenvalue weighted by molar-refractivity contribution is 8.15. The van der Waals surface area contributed by atoms with Crippen LogP contribution in [-0.2, 0) is 4.79 Å². The number of nitriles is 1. The third-order valence-corrected chi connectivity index (χ3v) is 15.2. The molecule has 5 fully saturated rings. The molecule has 6 aliphatic heterocycles. The summed E-state index contributed by atoms with van der Waals surface area (Å²) in [6, 6.07) is 9.23. The lowest BCUT2D eigenvalue weighted by Gasteiger charge is -2.54. The lowest BCUT2D eigenvalue weighted by atomic mass is 9.72. The second-order valence-corrected chi connectivity index (χ2v) is 19.6. The number of nitrogens with zero attached hydrogens (tertiary/aromatic N) is 7. The Morgan fingerprint density at radius 3 is 2.56 bits per heavy atom. The molecule has 1 aromatic heterocycles. The van der Waals surface area contributed by atoms with Crippen LogP contribution >= 0.6 is 23.4 Å². The first-order valence-corrected chi connectivity index (χ1v) is 22.8. The minimum Gasteiger partial charge on any atom is -0.381 e. The van der Waals surface area contributed by atoms with E-state index in [-0.39, 0.29) is 71.1 Å². The van der Waals surface area contributed by atoms with E-state index in [1.807, 2.05) is 17.0 Å². The van der Waals surface area contributed by atoms with E-state index in [2.05, 4.69) is 63.0 Å². The maximum atomic E-state index is 17.4. The normalized spacial score (nSPS) is 24.9. The van der Waals surface area contributed by atoms with E-state index in [0.29, 0.717) is 55.1 Å². The number of nitrogens with one attached hydrogen (secondary N) is 3. The highest BCUT2D eigenvalue weighted by atomic mass is 35.5. The number of aromatic nitrogens is 1. The number of hydrogen-bond acceptors (Lipinski definition) is 12. The Bertz CT molecular complexity index is 2530. The number of benzene rings is 2. The molecule has 322 valence electrons. The van der Waals surface area contributed by atoms with E-state index in [1.54, 1.807) is 6.07 Å². The van der Waals surface area contributed by atoms with Crippen molar-refractivity contribution in [1.29, 1.82) is 10.7 Å². The first-order chi connectivity index (χ1) is 29.4. The zero-order valence-electron chi connectivity index (χ0n) is 35.0. The predicted molar refractivity (Wildman–Crippen MR) is 235 cm³/mol. The predicted octanol–water partition coefficient (Wildman–Crippen LogP) is 5.62. The molecule has 0 radical (unpaired) electrons. The molecule has 1 spiro atoms. The van der Waals surface area contributed by atoms with Crippen molar-refractivity contribution in [3.8, 4) is 6.07 Å². The number of piperazine rings is 1. The first-order valence-electron chi connectivity index (χ1n) is 21.6. The summed E-state index contributed by atoms with van der Waals surface area (Å²) in [6.45, 7) is 17.0. The fraction of sp³-hybridized carbons (Fsp3) is 0.533. The molecule has 5 saturated heterocycles. The van der Waals surface area contributed by atoms with Gasteiger partial charge < -0.3 is 34.8 Å². The van der Waals surface area contributed by atoms with E-state index < -0.39 is 11.6 Å². The Morgan fingerprint density at radius 2 is 1.90 bits per heavy atom. The van der Waals surface area contributed by atoms with Gasteiger partial charge in [-0.3, -0.25) is 10.2 Å². The van der Waals surface area contributed by atoms with E-state index in [9.17, 15) is 10.1 Å². The largest absolute Gasteiger partial charge is 0.381 e. The zero-order valence-corrected chi connectivity index (χ0v) is 36.6. The SMILES string of the molecule is C=N/C(=c1/cc(Cl)/c(=c2/ccc(F)c3c2=C(C#N)C(=N)S3)c(F)c1NCCN1CCC2(CC1)CN(c1cc(C(C(=O)N3CCCC3C)C(C)C)on1)C2)N1CC2CCC(C1)N2. The summed E-state index contributed by atoms with van der Waals surface area (Å²) in [6.07, 6.45) is 6.22. The van der Waals surface area contributed by atoms with E-state index in [4.69, 9.17) is 21.5 Å². The van der Waals surface area contributed by atoms with Gasteiger partial charge in [0, 0.05) is 91.1 Å². The monoisotopic (exact) mass is 870 g/mol. The molecule has 4 unspecified atom stereocenters. The van der Waals surface area contributed by atoms with Crippen molar-refractivity contribution in [3.63, 3.8) is 0 Å². The van der Waals surface area contributed by atoms with Gasteiger partial charge >= 0.3 is 0 Å². The number of piperidine rings is 1. The minimum atomic E-state index is -0.630. The Hall–Kier alpha value is -4.49. The van der Waals surface area contributed by atoms with Crippen LogP contribution in [0.3, 0.4) is 0 Å². The Balaban J connectivity index is 0.929. The number of carbonyl (C=O) groups is 1. The maximum absolute atomic E-state index is 17.4. The molecular formula is C45H53ClF2N10O2S. The minimum absolute atomic E-state index is 0.0121. The molecule has 61 heavy (non-hydrogen) atoms. The van der Waals surface area contributed by atoms with Crippen LogP contribution in [-0.4, -0.2) is 115 Å². The summed E-state index contributed by atoms with van der Waals surface area (Å²) in [7, 11) is 0. The highest BCUT2D eigenvalue weighted by Gasteiger charge is 2.46. The van der Waals surface area contributed by atoms with Gasteiger partial charge in [-0.25, -0.2) is 13.8 Å². The molecule has 0 saturated carbocycles. The van der Waals surface area contributed by atoms with Crippen molar-refractivity contribution < 1.29 is 18.1 Å². The summed E-state index contributed by atoms with van der Waals surface area (Å²) >= 11 is 7.84. The average Bonchev–Trinajstić information content (AvgIpc) is 4.03. The molecule has 7 heterocycles. The number of likely N-dealkylation sites (tertiary alicyclic amines) is 3. The van der Waals surface area contributed by atoms with Crippen LogP contribution in [0.2, 0.25) is 5.02 Å². The average molecular weight is 872 g/mol. The number of aliphatic imine (C=N–C) groups is 1. The fourth-order valence-corrected chi connectivity index (χ4v) is 11.8. The van der Waals surface area contributed by atoms with Gasteiger partial charge in [-0.15, -0.1) is 0 Å². The standard InChI is InChI=1S/C45H53ClF2N10O2S/c1-25(2)36(44(59)58-14-5-6-26(58)3)34-19-35(54-60-34)57-23-45(24-57)11-15-55(16-12-45)17-13-52-40-30(43(51-4)56-21-27-7-8-28(22-56)53-27)18-32(46)38(39(40)48)29-9-10-33(47)41-37(29)31(20-49)42(50)61-41/h9-10,18-19,25-28,36,50,52-53H,4-8,11-17,21-24H2,1-3H3/b38-29+,43-30+,50-42?. The number of thioether (sulfide) groups is 1. The van der Waals surface area contributed by atoms with Gasteiger partial charge in [0.25, 0.3) is 0 Å². The maximum Gasteiger partial charge on any atom is 0.233 e. The molecule has 12 nitrogen and oxygen atoms in total. The third kappa shape index (κ3) is 7.61. The topological polar surface area (TPSA) is 140 Å². The molecule has 1 amide bonds. The summed E-state index contributed by atoms with van der Waals surface area (Å²) in [5.41, 5.74) is 0.385. The van der Waals surface area contributed by atoms with E-state index in [0.717, 1.165) is 88.8 Å². The van der Waals surface area contributed by atoms with Crippen molar-refractivity contribution in [2.24, 2.45) is 16.3 Å². The van der Waals surface area contributed by atoms with Crippen LogP contribution in [0.1, 0.15) is 71.0 Å². The van der Waals surface area contributed by atoms with Crippen molar-refractivity contribution in [1.82, 2.24) is 25.2 Å². The molecule has 0 aliphatic carbocycles. The van der Waals surface area contributed by atoms with Crippen LogP contribution in [0.4, 0.5) is 20.3 Å². The third-order valence-electron chi connectivity index (χ3n) is 13.9. The molecule has 6 aliphatic rings. The molecule has 3 aromatic rings. The van der Waals surface area contributed by atoms with Crippen LogP contribution < -0.4 is 26.0 Å². The first kappa shape index (κ1) is 41.8. The van der Waals surface area contributed by atoms with Crippen molar-refractivity contribution in [2.45, 2.75) is 88.2 Å². The quantitative estimate of drug-likeness (QED) is 0.220. The Kier molecular flexibility index (Phi) is 11.4. The number of halogens is 3. The number of fused-ring (bicyclic) bond motifs is 3. The second-order valence-electron chi connectivity index (χ2n) is 18.2. The summed E-state index contributed by atoms with van der Waals surface area (Å²) in [5, 5.41) is 30.8. The van der Waals surface area contributed by atoms with Crippen LogP contribution in [0, 0.1) is 50.1 Å². The molecule has 9 rings (SSSR count). The number of carbonyl (C=O) groups excluding carboxylic acids is 1. The molecule has 16 heteroatoms. The van der Waals surface area contributed by atoms with Crippen molar-refractivity contribution in [3.05, 3.63) is 67.6 Å². The lowest BCUT2D eigenvalue weighted by Crippen LogP contribution is -2.60. The molecule has 2 bridgehead atoms. The molecule has 2 aromatic carbocycles. The van der Waals surface area contributed by atoms with Crippen LogP contribution in [0.25, 0.3) is 11.4 Å². The summed E-state index contributed by atoms with van der Waals surface area (Å²) in [5.74, 6) is 0.651. The molecule has 4 atom stereocenters. The number of amides is 1. The Morgan fingerprint density at radius 1 is 1.16 bits per heavy atom. The zero-order chi connectivity index (χ0) is 42.7. The molecule has 3 N–H and O–H groups in total. The second kappa shape index (κ2) is 16.7. The lowest BCUT2D eigenvalue weighted by molar-refractivity contribution is -0.134. The smallest absolute Gasteiger partial charge is 0.233 e. The van der Waals surface area contributed by atoms with Gasteiger partial charge in [-0.2, -0.15) is 5.26 Å². The van der Waals surface area contributed by atoms with Gasteiger partial charge in [0.1, 0.15) is 28.7 Å². The number of rotatable bonds is 10. The number of anilines is 2. The fourth-order valence-electron chi connectivity index (χ4n) is 10.6. The highest BCUT2D eigenvalue weighted by Crippen LogP contribution is 2.43. The van der Waals surface area contributed by atoms with Crippen molar-refractivity contribution in [2.75, 3.05) is 69.1 Å². The van der Waals surface area contributed by atoms with Gasteiger partial charge in [0.05, 0.1) is 21.2 Å². The summed E-state index contributed by atoms with van der Waals surface area (Å²) in [4.78, 5) is 27.0. The number of hydrogen-bond donors (Lipinski definition) is 3. The Labute approximate surface area is 363 Å². The van der Waals surface area contributed by atoms with Gasteiger partial charge in [0.2, 0.25) is 5.91 Å².